The Balaban J connectivity index is 2.44. The lowest BCUT2D eigenvalue weighted by Gasteiger charge is -2.23. The molecule has 0 unspecified atom stereocenters. The molecule has 0 aliphatic carbocycles. The van der Waals surface area contributed by atoms with E-state index in [9.17, 15) is 13.7 Å². The van der Waals surface area contributed by atoms with Gasteiger partial charge in [-0.15, -0.1) is 0 Å². The summed E-state index contributed by atoms with van der Waals surface area (Å²) in [5, 5.41) is 9.30. The Labute approximate surface area is 149 Å². The van der Waals surface area contributed by atoms with Crippen molar-refractivity contribution < 1.29 is 13.2 Å². The van der Waals surface area contributed by atoms with Gasteiger partial charge < -0.3 is 4.74 Å². The predicted octanol–water partition coefficient (Wildman–Crippen LogP) is 3.14. The van der Waals surface area contributed by atoms with E-state index in [0.717, 1.165) is 15.4 Å². The van der Waals surface area contributed by atoms with Crippen molar-refractivity contribution in [3.63, 3.8) is 0 Å². The average molecular weight is 442 g/mol. The second kappa shape index (κ2) is 7.19. The number of nitriles is 1. The molecule has 0 spiro atoms. The quantitative estimate of drug-likeness (QED) is 0.668. The molecule has 0 heterocycles. The molecule has 0 saturated carbocycles. The number of hydrogen-bond acceptors (Lipinski definition) is 4. The lowest BCUT2D eigenvalue weighted by Crippen LogP contribution is -2.30. The molecule has 0 atom stereocenters. The number of benzene rings is 2. The summed E-state index contributed by atoms with van der Waals surface area (Å²) in [6.45, 7) is 0.151. The first-order valence-electron chi connectivity index (χ1n) is 6.65. The van der Waals surface area contributed by atoms with Crippen LogP contribution in [0.4, 0.5) is 5.69 Å². The van der Waals surface area contributed by atoms with Gasteiger partial charge in [0.2, 0.25) is 10.0 Å². The lowest BCUT2D eigenvalue weighted by molar-refractivity contribution is 0.414. The van der Waals surface area contributed by atoms with Crippen LogP contribution in [0.5, 0.6) is 5.75 Å². The van der Waals surface area contributed by atoms with Crippen molar-refractivity contribution in [2.24, 2.45) is 0 Å². The number of ether oxygens (including phenoxy) is 1. The Bertz CT molecular complexity index is 843. The Morgan fingerprint density at radius 2 is 1.87 bits per heavy atom. The van der Waals surface area contributed by atoms with E-state index in [1.165, 1.54) is 4.31 Å². The van der Waals surface area contributed by atoms with Crippen LogP contribution < -0.4 is 9.04 Å². The summed E-state index contributed by atoms with van der Waals surface area (Å²) in [7, 11) is -1.96. The van der Waals surface area contributed by atoms with Gasteiger partial charge in [-0.25, -0.2) is 8.42 Å². The van der Waals surface area contributed by atoms with E-state index < -0.39 is 10.0 Å². The molecule has 0 saturated heterocycles. The maximum absolute atomic E-state index is 12.2. The Morgan fingerprint density at radius 1 is 1.22 bits per heavy atom. The Hall–Kier alpha value is -1.79. The number of nitrogens with zero attached hydrogens (tertiary/aromatic N) is 2. The van der Waals surface area contributed by atoms with E-state index in [2.05, 4.69) is 28.7 Å². The van der Waals surface area contributed by atoms with Crippen molar-refractivity contribution in [3.05, 3.63) is 57.2 Å². The minimum atomic E-state index is -3.53. The van der Waals surface area contributed by atoms with Crippen molar-refractivity contribution in [1.82, 2.24) is 0 Å². The lowest BCUT2D eigenvalue weighted by atomic mass is 10.1. The summed E-state index contributed by atoms with van der Waals surface area (Å²) in [5.41, 5.74) is 1.51. The number of hydrogen-bond donors (Lipinski definition) is 0. The summed E-state index contributed by atoms with van der Waals surface area (Å²) >= 11 is 2.09. The molecular formula is C16H15IN2O3S. The normalized spacial score (nSPS) is 10.9. The maximum atomic E-state index is 12.2. The smallest absolute Gasteiger partial charge is 0.232 e. The topological polar surface area (TPSA) is 70.4 Å². The molecule has 120 valence electrons. The number of anilines is 1. The van der Waals surface area contributed by atoms with Crippen molar-refractivity contribution in [2.45, 2.75) is 6.54 Å². The van der Waals surface area contributed by atoms with Gasteiger partial charge in [-0.2, -0.15) is 5.26 Å². The molecule has 0 aliphatic heterocycles. The fourth-order valence-corrected chi connectivity index (χ4v) is 3.48. The van der Waals surface area contributed by atoms with Gasteiger partial charge in [0.05, 0.1) is 31.2 Å². The van der Waals surface area contributed by atoms with E-state index in [1.807, 2.05) is 0 Å². The summed E-state index contributed by atoms with van der Waals surface area (Å²) in [4.78, 5) is 0. The highest BCUT2D eigenvalue weighted by Gasteiger charge is 2.21. The number of halogens is 1. The Morgan fingerprint density at radius 3 is 2.39 bits per heavy atom. The zero-order valence-electron chi connectivity index (χ0n) is 12.7. The van der Waals surface area contributed by atoms with E-state index in [1.54, 1.807) is 49.6 Å². The van der Waals surface area contributed by atoms with Crippen LogP contribution in [0.2, 0.25) is 0 Å². The highest BCUT2D eigenvalue weighted by Crippen LogP contribution is 2.26. The van der Waals surface area contributed by atoms with E-state index in [-0.39, 0.29) is 6.54 Å². The van der Waals surface area contributed by atoms with Gasteiger partial charge in [0.15, 0.2) is 0 Å². The molecule has 2 rings (SSSR count). The molecule has 0 fully saturated rings. The fraction of sp³-hybridized carbons (Fsp3) is 0.188. The van der Waals surface area contributed by atoms with Crippen LogP contribution in [-0.4, -0.2) is 21.8 Å². The molecule has 0 N–H and O–H groups in total. The number of methoxy groups -OCH3 is 1. The second-order valence-corrected chi connectivity index (χ2v) is 8.04. The first-order chi connectivity index (χ1) is 10.8. The van der Waals surface area contributed by atoms with Crippen molar-refractivity contribution in [3.8, 4) is 11.8 Å². The minimum absolute atomic E-state index is 0.151. The first-order valence-corrected chi connectivity index (χ1v) is 9.58. The van der Waals surface area contributed by atoms with Gasteiger partial charge in [-0.3, -0.25) is 4.31 Å². The highest BCUT2D eigenvalue weighted by atomic mass is 127. The zero-order chi connectivity index (χ0) is 17.0. The van der Waals surface area contributed by atoms with Crippen LogP contribution in [0, 0.1) is 14.9 Å². The van der Waals surface area contributed by atoms with Gasteiger partial charge in [-0.1, -0.05) is 12.1 Å². The van der Waals surface area contributed by atoms with Gasteiger partial charge in [0.25, 0.3) is 0 Å². The molecule has 0 aliphatic rings. The molecular weight excluding hydrogens is 427 g/mol. The summed E-state index contributed by atoms with van der Waals surface area (Å²) in [6, 6.07) is 14.3. The monoisotopic (exact) mass is 442 g/mol. The summed E-state index contributed by atoms with van der Waals surface area (Å²) < 4.78 is 31.6. The van der Waals surface area contributed by atoms with Crippen molar-refractivity contribution in [2.75, 3.05) is 17.7 Å². The molecule has 0 radical (unpaired) electrons. The molecule has 7 heteroatoms. The van der Waals surface area contributed by atoms with Gasteiger partial charge in [-0.05, 0) is 58.5 Å². The van der Waals surface area contributed by atoms with Crippen LogP contribution in [-0.2, 0) is 16.6 Å². The van der Waals surface area contributed by atoms with Crippen LogP contribution in [0.25, 0.3) is 0 Å². The maximum Gasteiger partial charge on any atom is 0.232 e. The van der Waals surface area contributed by atoms with Crippen molar-refractivity contribution in [1.29, 1.82) is 5.26 Å². The molecule has 23 heavy (non-hydrogen) atoms. The standard InChI is InChI=1S/C16H15IN2O3S/c1-22-15-6-3-12(4-7-15)11-19(23(2,20)21)16-8-5-14(17)9-13(16)10-18/h3-9H,11H2,1-2H3. The third kappa shape index (κ3) is 4.36. The summed E-state index contributed by atoms with van der Waals surface area (Å²) in [5.74, 6) is 0.701. The largest absolute Gasteiger partial charge is 0.497 e. The third-order valence-corrected chi connectivity index (χ3v) is 5.03. The van der Waals surface area contributed by atoms with E-state index in [4.69, 9.17) is 4.74 Å². The Kier molecular flexibility index (Phi) is 5.49. The summed E-state index contributed by atoms with van der Waals surface area (Å²) in [6.07, 6.45) is 1.13. The van der Waals surface area contributed by atoms with Crippen LogP contribution >= 0.6 is 22.6 Å². The third-order valence-electron chi connectivity index (χ3n) is 3.23. The van der Waals surface area contributed by atoms with Crippen LogP contribution in [0.3, 0.4) is 0 Å². The fourth-order valence-electron chi connectivity index (χ4n) is 2.09. The number of sulfonamides is 1. The first kappa shape index (κ1) is 17.6. The molecule has 2 aromatic carbocycles. The molecule has 2 aromatic rings. The van der Waals surface area contributed by atoms with Gasteiger partial charge >= 0.3 is 0 Å². The second-order valence-electron chi connectivity index (χ2n) is 4.89. The van der Waals surface area contributed by atoms with E-state index >= 15 is 0 Å². The van der Waals surface area contributed by atoms with Gasteiger partial charge in [0, 0.05) is 3.57 Å². The van der Waals surface area contributed by atoms with E-state index in [0.29, 0.717) is 17.0 Å². The predicted molar refractivity (Wildman–Crippen MR) is 97.9 cm³/mol. The van der Waals surface area contributed by atoms with Crippen LogP contribution in [0.1, 0.15) is 11.1 Å². The molecule has 0 amide bonds. The van der Waals surface area contributed by atoms with Crippen molar-refractivity contribution >= 4 is 38.3 Å². The molecule has 5 nitrogen and oxygen atoms in total. The zero-order valence-corrected chi connectivity index (χ0v) is 15.6. The minimum Gasteiger partial charge on any atom is -0.497 e. The highest BCUT2D eigenvalue weighted by molar-refractivity contribution is 14.1. The number of rotatable bonds is 5. The molecule has 0 aromatic heterocycles. The van der Waals surface area contributed by atoms with Crippen LogP contribution in [0.15, 0.2) is 42.5 Å². The van der Waals surface area contributed by atoms with Gasteiger partial charge in [0.1, 0.15) is 11.8 Å². The molecule has 0 bridgehead atoms. The average Bonchev–Trinajstić information content (AvgIpc) is 2.52. The SMILES string of the molecule is COc1ccc(CN(c2ccc(I)cc2C#N)S(C)(=O)=O)cc1.